The maximum atomic E-state index is 12.9. The summed E-state index contributed by atoms with van der Waals surface area (Å²) in [7, 11) is 0. The number of aromatic hydroxyl groups is 2. The van der Waals surface area contributed by atoms with Gasteiger partial charge in [-0.3, -0.25) is 9.47 Å². The molecule has 2 heterocycles. The van der Waals surface area contributed by atoms with Crippen LogP contribution in [0.5, 0.6) is 17.5 Å². The zero-order valence-corrected chi connectivity index (χ0v) is 20.9. The van der Waals surface area contributed by atoms with Crippen LogP contribution in [0.3, 0.4) is 0 Å². The minimum Gasteiger partial charge on any atom is -0.494 e. The van der Waals surface area contributed by atoms with E-state index in [4.69, 9.17) is 32.7 Å². The summed E-state index contributed by atoms with van der Waals surface area (Å²) in [6, 6.07) is 13.4. The molecule has 9 heteroatoms. The van der Waals surface area contributed by atoms with E-state index < -0.39 is 5.97 Å². The van der Waals surface area contributed by atoms with Crippen molar-refractivity contribution < 1.29 is 24.5 Å². The van der Waals surface area contributed by atoms with Crippen molar-refractivity contribution >= 4 is 29.2 Å². The van der Waals surface area contributed by atoms with Gasteiger partial charge in [0.25, 0.3) is 0 Å². The zero-order chi connectivity index (χ0) is 24.9. The number of benzene rings is 2. The van der Waals surface area contributed by atoms with Gasteiger partial charge in [-0.05, 0) is 50.6 Å². The van der Waals surface area contributed by atoms with Crippen LogP contribution in [0.25, 0.3) is 5.69 Å². The summed E-state index contributed by atoms with van der Waals surface area (Å²) >= 11 is 12.0. The Balaban J connectivity index is 1.31. The van der Waals surface area contributed by atoms with Crippen LogP contribution in [0.15, 0.2) is 48.5 Å². The number of rotatable bonds is 8. The number of likely N-dealkylation sites (tertiary alicyclic amines) is 1. The minimum absolute atomic E-state index is 0.117. The third-order valence-corrected chi connectivity index (χ3v) is 6.86. The van der Waals surface area contributed by atoms with Gasteiger partial charge in [0.1, 0.15) is 12.4 Å². The molecule has 0 amide bonds. The molecule has 1 unspecified atom stereocenters. The lowest BCUT2D eigenvalue weighted by atomic mass is 9.99. The molecule has 35 heavy (non-hydrogen) atoms. The number of carbonyl (C=O) groups excluding carboxylic acids is 1. The van der Waals surface area contributed by atoms with E-state index in [-0.39, 0.29) is 23.2 Å². The molecule has 0 saturated carbocycles. The average molecular weight is 519 g/mol. The quantitative estimate of drug-likeness (QED) is 0.385. The van der Waals surface area contributed by atoms with Gasteiger partial charge in [0.15, 0.2) is 5.88 Å². The highest BCUT2D eigenvalue weighted by molar-refractivity contribution is 6.42. The van der Waals surface area contributed by atoms with Gasteiger partial charge >= 0.3 is 5.97 Å². The number of hydrogen-bond acceptors (Lipinski definition) is 6. The fraction of sp³-hybridized carbons (Fsp3) is 0.346. The summed E-state index contributed by atoms with van der Waals surface area (Å²) < 4.78 is 12.7. The fourth-order valence-electron chi connectivity index (χ4n) is 4.31. The van der Waals surface area contributed by atoms with Gasteiger partial charge in [-0.2, -0.15) is 0 Å². The Morgan fingerprint density at radius 3 is 2.66 bits per heavy atom. The number of ether oxygens (including phenoxy) is 2. The largest absolute Gasteiger partial charge is 0.494 e. The third-order valence-electron chi connectivity index (χ3n) is 6.12. The fourth-order valence-corrected chi connectivity index (χ4v) is 4.60. The molecular weight excluding hydrogens is 491 g/mol. The predicted octanol–water partition coefficient (Wildman–Crippen LogP) is 5.45. The lowest BCUT2D eigenvalue weighted by molar-refractivity contribution is 0.0344. The lowest BCUT2D eigenvalue weighted by Crippen LogP contribution is -2.39. The Bertz CT molecular complexity index is 1200. The molecule has 1 fully saturated rings. The van der Waals surface area contributed by atoms with Crippen molar-refractivity contribution in [3.8, 4) is 23.2 Å². The van der Waals surface area contributed by atoms with Gasteiger partial charge in [-0.1, -0.05) is 35.3 Å². The van der Waals surface area contributed by atoms with Crippen molar-refractivity contribution in [2.24, 2.45) is 5.92 Å². The van der Waals surface area contributed by atoms with Crippen molar-refractivity contribution in [1.82, 2.24) is 9.47 Å². The molecule has 0 aliphatic carbocycles. The first kappa shape index (κ1) is 25.2. The molecule has 0 spiro atoms. The smallest absolute Gasteiger partial charge is 0.340 e. The lowest BCUT2D eigenvalue weighted by Gasteiger charge is -2.32. The molecule has 1 aliphatic heterocycles. The molecule has 7 nitrogen and oxygen atoms in total. The SMILES string of the molecule is Cc1cc(O)n(-c2ccccc2C(=O)OCC2CCCN(CCOc3ccc(Cl)c(Cl)c3)C2)c1O. The van der Waals surface area contributed by atoms with Gasteiger partial charge in [-0.25, -0.2) is 4.79 Å². The highest BCUT2D eigenvalue weighted by Crippen LogP contribution is 2.32. The van der Waals surface area contributed by atoms with Crippen molar-refractivity contribution in [3.05, 3.63) is 69.7 Å². The van der Waals surface area contributed by atoms with Gasteiger partial charge in [0.2, 0.25) is 5.88 Å². The molecule has 2 N–H and O–H groups in total. The van der Waals surface area contributed by atoms with E-state index >= 15 is 0 Å². The molecule has 2 aromatic carbocycles. The first-order valence-corrected chi connectivity index (χ1v) is 12.3. The van der Waals surface area contributed by atoms with Crippen LogP contribution in [0.2, 0.25) is 10.0 Å². The number of esters is 1. The molecule has 1 atom stereocenters. The number of aryl methyl sites for hydroxylation is 1. The van der Waals surface area contributed by atoms with Gasteiger partial charge in [-0.15, -0.1) is 0 Å². The second-order valence-corrected chi connectivity index (χ2v) is 9.51. The summed E-state index contributed by atoms with van der Waals surface area (Å²) in [5.74, 6) is 0.127. The van der Waals surface area contributed by atoms with E-state index in [9.17, 15) is 15.0 Å². The van der Waals surface area contributed by atoms with Crippen LogP contribution in [-0.4, -0.2) is 58.5 Å². The van der Waals surface area contributed by atoms with Gasteiger partial charge in [0, 0.05) is 36.7 Å². The first-order chi connectivity index (χ1) is 16.8. The Labute approximate surface area is 214 Å². The monoisotopic (exact) mass is 518 g/mol. The molecule has 186 valence electrons. The van der Waals surface area contributed by atoms with Crippen LogP contribution in [0, 0.1) is 12.8 Å². The Kier molecular flexibility index (Phi) is 8.11. The van der Waals surface area contributed by atoms with Crippen LogP contribution in [0.1, 0.15) is 28.8 Å². The van der Waals surface area contributed by atoms with E-state index in [1.807, 2.05) is 0 Å². The first-order valence-electron chi connectivity index (χ1n) is 11.5. The molecular formula is C26H28Cl2N2O5. The molecule has 3 aromatic rings. The van der Waals surface area contributed by atoms with Crippen LogP contribution in [0.4, 0.5) is 0 Å². The number of nitrogens with zero attached hydrogens (tertiary/aromatic N) is 2. The molecule has 0 bridgehead atoms. The standard InChI is InChI=1S/C26H28Cl2N2O5/c1-17-13-24(31)30(25(17)32)23-7-3-2-6-20(23)26(33)35-16-18-5-4-10-29(15-18)11-12-34-19-8-9-21(27)22(28)14-19/h2-3,6-9,13-14,18,31-32H,4-5,10-12,15-16H2,1H3. The Morgan fingerprint density at radius 2 is 1.91 bits per heavy atom. The Morgan fingerprint density at radius 1 is 1.11 bits per heavy atom. The van der Waals surface area contributed by atoms with Crippen LogP contribution < -0.4 is 4.74 Å². The summed E-state index contributed by atoms with van der Waals surface area (Å²) in [4.78, 5) is 15.2. The van der Waals surface area contributed by atoms with E-state index in [0.717, 1.165) is 32.5 Å². The number of hydrogen-bond donors (Lipinski definition) is 2. The predicted molar refractivity (Wildman–Crippen MR) is 135 cm³/mol. The van der Waals surface area contributed by atoms with Crippen molar-refractivity contribution in [3.63, 3.8) is 0 Å². The van der Waals surface area contributed by atoms with E-state index in [0.29, 0.717) is 40.3 Å². The topological polar surface area (TPSA) is 84.2 Å². The molecule has 1 aliphatic rings. The van der Waals surface area contributed by atoms with Crippen molar-refractivity contribution in [2.45, 2.75) is 19.8 Å². The molecule has 0 radical (unpaired) electrons. The highest BCUT2D eigenvalue weighted by atomic mass is 35.5. The number of piperidine rings is 1. The molecule has 1 saturated heterocycles. The summed E-state index contributed by atoms with van der Waals surface area (Å²) in [6.45, 7) is 5.00. The highest BCUT2D eigenvalue weighted by Gasteiger charge is 2.24. The van der Waals surface area contributed by atoms with Crippen LogP contribution in [-0.2, 0) is 4.74 Å². The maximum absolute atomic E-state index is 12.9. The van der Waals surface area contributed by atoms with E-state index in [2.05, 4.69) is 4.90 Å². The number of aromatic nitrogens is 1. The Hall–Kier alpha value is -2.87. The second-order valence-electron chi connectivity index (χ2n) is 8.69. The van der Waals surface area contributed by atoms with Gasteiger partial charge < -0.3 is 19.7 Å². The van der Waals surface area contributed by atoms with Crippen molar-refractivity contribution in [1.29, 1.82) is 0 Å². The number of halogens is 2. The zero-order valence-electron chi connectivity index (χ0n) is 19.4. The molecule has 4 rings (SSSR count). The maximum Gasteiger partial charge on any atom is 0.340 e. The van der Waals surface area contributed by atoms with Crippen molar-refractivity contribution in [2.75, 3.05) is 32.8 Å². The van der Waals surface area contributed by atoms with E-state index in [1.165, 1.54) is 10.6 Å². The average Bonchev–Trinajstić information content (AvgIpc) is 3.11. The summed E-state index contributed by atoms with van der Waals surface area (Å²) in [6.07, 6.45) is 1.98. The second kappa shape index (κ2) is 11.2. The van der Waals surface area contributed by atoms with Gasteiger partial charge in [0.05, 0.1) is 27.9 Å². The normalized spacial score (nSPS) is 16.3. The van der Waals surface area contributed by atoms with E-state index in [1.54, 1.807) is 49.4 Å². The summed E-state index contributed by atoms with van der Waals surface area (Å²) in [5.41, 5.74) is 1.15. The minimum atomic E-state index is -0.495. The number of para-hydroxylation sites is 1. The number of carbonyl (C=O) groups is 1. The third kappa shape index (κ3) is 6.04. The molecule has 1 aromatic heterocycles. The summed E-state index contributed by atoms with van der Waals surface area (Å²) in [5, 5.41) is 21.5. The van der Waals surface area contributed by atoms with Crippen LogP contribution >= 0.6 is 23.2 Å².